The van der Waals surface area contributed by atoms with Crippen LogP contribution in [0.1, 0.15) is 33.3 Å². The molecule has 0 fully saturated rings. The van der Waals surface area contributed by atoms with E-state index in [9.17, 15) is 10.1 Å². The van der Waals surface area contributed by atoms with Gasteiger partial charge in [-0.1, -0.05) is 26.0 Å². The van der Waals surface area contributed by atoms with Gasteiger partial charge in [0.1, 0.15) is 12.1 Å². The standard InChI is InChI=1S/C19H30N4O/c1-7-23(12-16-8-10-17(11-9-16)22(5)6)13-18(24)21-19(4,14-20)15(2)3/h8-11,15H,7,12-13H2,1-6H3,(H,21,24)/p+1/t19-/m0/s1. The van der Waals surface area contributed by atoms with Crippen LogP contribution in [0.4, 0.5) is 5.69 Å². The van der Waals surface area contributed by atoms with Gasteiger partial charge in [-0.25, -0.2) is 0 Å². The van der Waals surface area contributed by atoms with Gasteiger partial charge in [-0.15, -0.1) is 0 Å². The van der Waals surface area contributed by atoms with E-state index < -0.39 is 5.54 Å². The van der Waals surface area contributed by atoms with Gasteiger partial charge in [0.25, 0.3) is 5.91 Å². The summed E-state index contributed by atoms with van der Waals surface area (Å²) in [6, 6.07) is 10.6. The first-order valence-electron chi connectivity index (χ1n) is 8.54. The Labute approximate surface area is 146 Å². The minimum Gasteiger partial charge on any atom is -0.378 e. The van der Waals surface area contributed by atoms with Gasteiger partial charge in [-0.05, 0) is 31.9 Å². The molecular weight excluding hydrogens is 300 g/mol. The maximum Gasteiger partial charge on any atom is 0.276 e. The van der Waals surface area contributed by atoms with Crippen molar-refractivity contribution in [3.63, 3.8) is 0 Å². The number of carbonyl (C=O) groups is 1. The molecule has 0 heterocycles. The molecule has 1 aromatic carbocycles. The van der Waals surface area contributed by atoms with Crippen LogP contribution in [-0.4, -0.2) is 38.6 Å². The Balaban J connectivity index is 2.67. The van der Waals surface area contributed by atoms with E-state index >= 15 is 0 Å². The normalized spacial score (nSPS) is 14.6. The van der Waals surface area contributed by atoms with Gasteiger partial charge < -0.3 is 15.1 Å². The molecule has 0 radical (unpaired) electrons. The molecule has 1 amide bonds. The fourth-order valence-corrected chi connectivity index (χ4v) is 2.38. The number of benzene rings is 1. The van der Waals surface area contributed by atoms with Gasteiger partial charge in [0, 0.05) is 25.3 Å². The van der Waals surface area contributed by atoms with Crippen LogP contribution in [0, 0.1) is 17.2 Å². The summed E-state index contributed by atoms with van der Waals surface area (Å²) in [5.74, 6) is -0.00961. The highest BCUT2D eigenvalue weighted by Crippen LogP contribution is 2.14. The van der Waals surface area contributed by atoms with Gasteiger partial charge in [-0.3, -0.25) is 4.79 Å². The predicted molar refractivity (Wildman–Crippen MR) is 97.8 cm³/mol. The van der Waals surface area contributed by atoms with Crippen molar-refractivity contribution in [2.45, 2.75) is 39.8 Å². The lowest BCUT2D eigenvalue weighted by atomic mass is 9.90. The van der Waals surface area contributed by atoms with E-state index in [0.29, 0.717) is 6.54 Å². The third kappa shape index (κ3) is 5.54. The quantitative estimate of drug-likeness (QED) is 0.753. The summed E-state index contributed by atoms with van der Waals surface area (Å²) in [6.45, 7) is 9.76. The fourth-order valence-electron chi connectivity index (χ4n) is 2.38. The first kappa shape index (κ1) is 20.0. The molecule has 24 heavy (non-hydrogen) atoms. The number of hydrogen-bond acceptors (Lipinski definition) is 3. The molecule has 1 aromatic rings. The predicted octanol–water partition coefficient (Wildman–Crippen LogP) is 1.21. The summed E-state index contributed by atoms with van der Waals surface area (Å²) in [7, 11) is 4.04. The van der Waals surface area contributed by atoms with Crippen molar-refractivity contribution in [3.8, 4) is 6.07 Å². The monoisotopic (exact) mass is 331 g/mol. The summed E-state index contributed by atoms with van der Waals surface area (Å²) < 4.78 is 0. The molecule has 0 saturated carbocycles. The van der Waals surface area contributed by atoms with Crippen molar-refractivity contribution in [2.24, 2.45) is 5.92 Å². The van der Waals surface area contributed by atoms with E-state index in [4.69, 9.17) is 0 Å². The average molecular weight is 331 g/mol. The van der Waals surface area contributed by atoms with E-state index in [1.54, 1.807) is 6.92 Å². The summed E-state index contributed by atoms with van der Waals surface area (Å²) in [4.78, 5) is 15.6. The SMILES string of the molecule is CC[NH+](CC(=O)N[C@@](C)(C#N)C(C)C)Cc1ccc(N(C)C)cc1. The number of anilines is 1. The summed E-state index contributed by atoms with van der Waals surface area (Å²) in [5, 5.41) is 12.2. The fraction of sp³-hybridized carbons (Fsp3) is 0.579. The summed E-state index contributed by atoms with van der Waals surface area (Å²) >= 11 is 0. The molecule has 0 saturated heterocycles. The zero-order valence-corrected chi connectivity index (χ0v) is 15.8. The van der Waals surface area contributed by atoms with Gasteiger partial charge in [-0.2, -0.15) is 5.26 Å². The second-order valence-corrected chi connectivity index (χ2v) is 7.04. The third-order valence-electron chi connectivity index (χ3n) is 4.60. The zero-order valence-electron chi connectivity index (χ0n) is 15.8. The number of nitrogens with one attached hydrogen (secondary N) is 2. The van der Waals surface area contributed by atoms with Crippen molar-refractivity contribution < 1.29 is 9.69 Å². The Morgan fingerprint density at radius 3 is 2.33 bits per heavy atom. The largest absolute Gasteiger partial charge is 0.378 e. The summed E-state index contributed by atoms with van der Waals surface area (Å²) in [5.41, 5.74) is 1.55. The lowest BCUT2D eigenvalue weighted by Crippen LogP contribution is -3.11. The smallest absolute Gasteiger partial charge is 0.276 e. The second kappa shape index (κ2) is 8.70. The van der Waals surface area contributed by atoms with Crippen LogP contribution in [0.25, 0.3) is 0 Å². The van der Waals surface area contributed by atoms with Gasteiger partial charge in [0.2, 0.25) is 0 Å². The van der Waals surface area contributed by atoms with E-state index in [2.05, 4.69) is 47.5 Å². The highest BCUT2D eigenvalue weighted by Gasteiger charge is 2.31. The highest BCUT2D eigenvalue weighted by molar-refractivity contribution is 5.78. The number of likely N-dealkylation sites (N-methyl/N-ethyl adjacent to an activating group) is 1. The molecule has 2 atom stereocenters. The topological polar surface area (TPSA) is 60.6 Å². The number of rotatable bonds is 8. The third-order valence-corrected chi connectivity index (χ3v) is 4.60. The zero-order chi connectivity index (χ0) is 18.3. The highest BCUT2D eigenvalue weighted by atomic mass is 16.2. The molecule has 0 aliphatic carbocycles. The van der Waals surface area contributed by atoms with Crippen LogP contribution in [0.15, 0.2) is 24.3 Å². The van der Waals surface area contributed by atoms with E-state index in [1.807, 2.05) is 27.9 Å². The number of hydrogen-bond donors (Lipinski definition) is 2. The Kier molecular flexibility index (Phi) is 7.24. The number of nitriles is 1. The van der Waals surface area contributed by atoms with Crippen LogP contribution >= 0.6 is 0 Å². The molecule has 1 unspecified atom stereocenters. The van der Waals surface area contributed by atoms with Crippen LogP contribution in [0.5, 0.6) is 0 Å². The Morgan fingerprint density at radius 1 is 1.33 bits per heavy atom. The Hall–Kier alpha value is -2.06. The molecule has 2 N–H and O–H groups in total. The lowest BCUT2D eigenvalue weighted by molar-refractivity contribution is -0.904. The van der Waals surface area contributed by atoms with Crippen LogP contribution in [-0.2, 0) is 11.3 Å². The lowest BCUT2D eigenvalue weighted by Gasteiger charge is -2.28. The molecule has 0 spiro atoms. The van der Waals surface area contributed by atoms with Crippen molar-refractivity contribution in [2.75, 3.05) is 32.1 Å². The molecule has 1 rings (SSSR count). The van der Waals surface area contributed by atoms with Crippen molar-refractivity contribution in [1.82, 2.24) is 5.32 Å². The van der Waals surface area contributed by atoms with Crippen LogP contribution in [0.2, 0.25) is 0 Å². The molecule has 5 nitrogen and oxygen atoms in total. The molecule has 0 aromatic heterocycles. The number of quaternary nitrogens is 1. The van der Waals surface area contributed by atoms with Gasteiger partial charge in [0.15, 0.2) is 6.54 Å². The van der Waals surface area contributed by atoms with Gasteiger partial charge >= 0.3 is 0 Å². The average Bonchev–Trinajstić information content (AvgIpc) is 2.54. The van der Waals surface area contributed by atoms with E-state index in [-0.39, 0.29) is 11.8 Å². The maximum absolute atomic E-state index is 12.3. The molecule has 5 heteroatoms. The van der Waals surface area contributed by atoms with Crippen LogP contribution in [0.3, 0.4) is 0 Å². The minimum atomic E-state index is -0.816. The van der Waals surface area contributed by atoms with E-state index in [0.717, 1.165) is 18.8 Å². The van der Waals surface area contributed by atoms with E-state index in [1.165, 1.54) is 10.5 Å². The molecule has 0 bridgehead atoms. The van der Waals surface area contributed by atoms with Crippen molar-refractivity contribution in [3.05, 3.63) is 29.8 Å². The van der Waals surface area contributed by atoms with Crippen molar-refractivity contribution >= 4 is 11.6 Å². The number of amides is 1. The Morgan fingerprint density at radius 2 is 1.92 bits per heavy atom. The second-order valence-electron chi connectivity index (χ2n) is 7.04. The van der Waals surface area contributed by atoms with Gasteiger partial charge in [0.05, 0.1) is 12.6 Å². The summed E-state index contributed by atoms with van der Waals surface area (Å²) in [6.07, 6.45) is 0. The molecule has 0 aliphatic heterocycles. The minimum absolute atomic E-state index is 0.0649. The Bertz CT molecular complexity index is 574. The molecular formula is C19H31N4O+. The molecule has 0 aliphatic rings. The first-order valence-corrected chi connectivity index (χ1v) is 8.54. The van der Waals surface area contributed by atoms with Crippen LogP contribution < -0.4 is 15.1 Å². The first-order chi connectivity index (χ1) is 11.2. The van der Waals surface area contributed by atoms with Crippen molar-refractivity contribution in [1.29, 1.82) is 5.26 Å². The maximum atomic E-state index is 12.3. The molecule has 132 valence electrons. The number of carbonyl (C=O) groups excluding carboxylic acids is 1. The number of nitrogens with zero attached hydrogens (tertiary/aromatic N) is 2.